The fourth-order valence-electron chi connectivity index (χ4n) is 2.07. The van der Waals surface area contributed by atoms with E-state index in [0.717, 1.165) is 25.9 Å². The van der Waals surface area contributed by atoms with Crippen molar-refractivity contribution in [1.29, 1.82) is 0 Å². The zero-order valence-electron chi connectivity index (χ0n) is 10.4. The van der Waals surface area contributed by atoms with Gasteiger partial charge in [0.2, 0.25) is 5.95 Å². The zero-order valence-corrected chi connectivity index (χ0v) is 10.4. The van der Waals surface area contributed by atoms with Gasteiger partial charge in [0.25, 0.3) is 0 Å². The Morgan fingerprint density at radius 2 is 2.06 bits per heavy atom. The summed E-state index contributed by atoms with van der Waals surface area (Å²) in [5.74, 6) is 0.504. The molecule has 18 heavy (non-hydrogen) atoms. The number of nitrogens with zero attached hydrogens (tertiary/aromatic N) is 3. The molecule has 1 aliphatic heterocycles. The summed E-state index contributed by atoms with van der Waals surface area (Å²) in [6.07, 6.45) is 4.76. The summed E-state index contributed by atoms with van der Waals surface area (Å²) < 4.78 is 4.74. The molecule has 1 saturated heterocycles. The quantitative estimate of drug-likeness (QED) is 0.537. The molecule has 0 aromatic carbocycles. The van der Waals surface area contributed by atoms with Crippen LogP contribution < -0.4 is 10.4 Å². The third-order valence-corrected chi connectivity index (χ3v) is 3.19. The van der Waals surface area contributed by atoms with Gasteiger partial charge < -0.3 is 14.7 Å². The van der Waals surface area contributed by atoms with Crippen LogP contribution in [-0.4, -0.2) is 48.6 Å². The highest BCUT2D eigenvalue weighted by molar-refractivity contribution is 6.45. The summed E-state index contributed by atoms with van der Waals surface area (Å²) in [7, 11) is 1.37. The van der Waals surface area contributed by atoms with Gasteiger partial charge in [0, 0.05) is 25.5 Å². The van der Waals surface area contributed by atoms with Crippen molar-refractivity contribution in [1.82, 2.24) is 9.97 Å². The van der Waals surface area contributed by atoms with Gasteiger partial charge in [-0.15, -0.1) is 0 Å². The molecule has 2 heterocycles. The van der Waals surface area contributed by atoms with Gasteiger partial charge in [0.05, 0.1) is 13.0 Å². The van der Waals surface area contributed by atoms with E-state index in [1.807, 2.05) is 4.90 Å². The van der Waals surface area contributed by atoms with Crippen LogP contribution in [0.2, 0.25) is 0 Å². The average molecular weight is 249 g/mol. The van der Waals surface area contributed by atoms with E-state index >= 15 is 0 Å². The highest BCUT2D eigenvalue weighted by Gasteiger charge is 2.26. The molecule has 0 saturated carbocycles. The molecule has 96 valence electrons. The SMILES string of the molecule is COC(=O)C1CCN(c2ncc(BO)cn2)CC1. The van der Waals surface area contributed by atoms with Crippen LogP contribution in [0.4, 0.5) is 5.95 Å². The minimum atomic E-state index is -0.133. The van der Waals surface area contributed by atoms with E-state index in [2.05, 4.69) is 9.97 Å². The number of anilines is 1. The second-order valence-electron chi connectivity index (χ2n) is 4.33. The molecule has 1 fully saturated rings. The van der Waals surface area contributed by atoms with Crippen molar-refractivity contribution < 1.29 is 14.6 Å². The minimum absolute atomic E-state index is 0.0111. The van der Waals surface area contributed by atoms with Crippen molar-refractivity contribution in [2.24, 2.45) is 5.92 Å². The molecule has 0 radical (unpaired) electrons. The van der Waals surface area contributed by atoms with Gasteiger partial charge in [-0.3, -0.25) is 4.79 Å². The number of ether oxygens (including phenoxy) is 1. The van der Waals surface area contributed by atoms with Crippen LogP contribution >= 0.6 is 0 Å². The lowest BCUT2D eigenvalue weighted by Gasteiger charge is -2.30. The Kier molecular flexibility index (Phi) is 4.14. The predicted molar refractivity (Wildman–Crippen MR) is 68.0 cm³/mol. The van der Waals surface area contributed by atoms with E-state index < -0.39 is 0 Å². The maximum atomic E-state index is 11.4. The largest absolute Gasteiger partial charge is 0.469 e. The van der Waals surface area contributed by atoms with Crippen LogP contribution in [0, 0.1) is 5.92 Å². The van der Waals surface area contributed by atoms with E-state index in [9.17, 15) is 4.79 Å². The molecular formula is C11H16BN3O3. The zero-order chi connectivity index (χ0) is 13.0. The van der Waals surface area contributed by atoms with Crippen LogP contribution in [-0.2, 0) is 9.53 Å². The first-order chi connectivity index (χ1) is 8.74. The highest BCUT2D eigenvalue weighted by atomic mass is 16.5. The van der Waals surface area contributed by atoms with Crippen LogP contribution in [0.3, 0.4) is 0 Å². The van der Waals surface area contributed by atoms with E-state index in [4.69, 9.17) is 9.76 Å². The topological polar surface area (TPSA) is 75.5 Å². The number of aromatic nitrogens is 2. The smallest absolute Gasteiger partial charge is 0.308 e. The summed E-state index contributed by atoms with van der Waals surface area (Å²) in [5.41, 5.74) is 0.697. The van der Waals surface area contributed by atoms with Crippen LogP contribution in [0.1, 0.15) is 12.8 Å². The number of carbonyl (C=O) groups excluding carboxylic acids is 1. The predicted octanol–water partition coefficient (Wildman–Crippen LogP) is -1.16. The van der Waals surface area contributed by atoms with Gasteiger partial charge in [-0.2, -0.15) is 0 Å². The lowest BCUT2D eigenvalue weighted by Crippen LogP contribution is -2.38. The molecule has 1 aromatic heterocycles. The van der Waals surface area contributed by atoms with Gasteiger partial charge in [0.15, 0.2) is 0 Å². The molecule has 1 N–H and O–H groups in total. The van der Waals surface area contributed by atoms with Crippen molar-refractivity contribution in [3.8, 4) is 0 Å². The number of methoxy groups -OCH3 is 1. The first kappa shape index (κ1) is 12.8. The first-order valence-corrected chi connectivity index (χ1v) is 5.99. The molecule has 2 rings (SSSR count). The monoisotopic (exact) mass is 249 g/mol. The number of hydrogen-bond acceptors (Lipinski definition) is 6. The Morgan fingerprint density at radius 3 is 2.56 bits per heavy atom. The van der Waals surface area contributed by atoms with Crippen LogP contribution in [0.15, 0.2) is 12.4 Å². The van der Waals surface area contributed by atoms with Crippen molar-refractivity contribution in [3.05, 3.63) is 12.4 Å². The Bertz CT molecular complexity index is 404. The summed E-state index contributed by atoms with van der Waals surface area (Å²) in [5, 5.41) is 8.92. The molecule has 0 bridgehead atoms. The van der Waals surface area contributed by atoms with Crippen molar-refractivity contribution in [2.45, 2.75) is 12.8 Å². The minimum Gasteiger partial charge on any atom is -0.469 e. The van der Waals surface area contributed by atoms with Crippen LogP contribution in [0.25, 0.3) is 0 Å². The van der Waals surface area contributed by atoms with E-state index in [1.54, 1.807) is 12.4 Å². The Balaban J connectivity index is 1.94. The molecule has 0 aliphatic carbocycles. The number of carbonyl (C=O) groups is 1. The van der Waals surface area contributed by atoms with Gasteiger partial charge in [-0.1, -0.05) is 0 Å². The van der Waals surface area contributed by atoms with Crippen LogP contribution in [0.5, 0.6) is 0 Å². The van der Waals surface area contributed by atoms with Gasteiger partial charge in [-0.05, 0) is 18.3 Å². The summed E-state index contributed by atoms with van der Waals surface area (Å²) in [4.78, 5) is 21.8. The van der Waals surface area contributed by atoms with Gasteiger partial charge >= 0.3 is 13.5 Å². The Hall–Kier alpha value is -1.63. The van der Waals surface area contributed by atoms with Gasteiger partial charge in [0.1, 0.15) is 0 Å². The van der Waals surface area contributed by atoms with Crippen molar-refractivity contribution in [2.75, 3.05) is 25.1 Å². The van der Waals surface area contributed by atoms with E-state index in [-0.39, 0.29) is 19.4 Å². The Morgan fingerprint density at radius 1 is 1.44 bits per heavy atom. The molecule has 1 aromatic rings. The fraction of sp³-hybridized carbons (Fsp3) is 0.545. The average Bonchev–Trinajstić information content (AvgIpc) is 2.47. The van der Waals surface area contributed by atoms with Crippen molar-refractivity contribution in [3.63, 3.8) is 0 Å². The first-order valence-electron chi connectivity index (χ1n) is 5.99. The molecule has 0 spiro atoms. The maximum absolute atomic E-state index is 11.4. The summed E-state index contributed by atoms with van der Waals surface area (Å²) >= 11 is 0. The normalized spacial score (nSPS) is 16.4. The summed E-state index contributed by atoms with van der Waals surface area (Å²) in [6, 6.07) is 0. The molecule has 0 unspecified atom stereocenters. The molecule has 1 aliphatic rings. The number of piperidine rings is 1. The molecule has 0 amide bonds. The molecule has 6 nitrogen and oxygen atoms in total. The fourth-order valence-corrected chi connectivity index (χ4v) is 2.07. The standard InChI is InChI=1S/C11H16BN3O3/c1-18-10(16)8-2-4-15(5-3-8)11-13-6-9(12-17)7-14-11/h6-8,12,17H,2-5H2,1H3. The second-order valence-corrected chi connectivity index (χ2v) is 4.33. The van der Waals surface area contributed by atoms with Gasteiger partial charge in [-0.25, -0.2) is 9.97 Å². The third-order valence-electron chi connectivity index (χ3n) is 3.19. The van der Waals surface area contributed by atoms with Crippen molar-refractivity contribution >= 4 is 24.9 Å². The number of rotatable bonds is 3. The Labute approximate surface area is 106 Å². The second kappa shape index (κ2) is 5.81. The lowest BCUT2D eigenvalue weighted by molar-refractivity contribution is -0.146. The van der Waals surface area contributed by atoms with E-state index in [0.29, 0.717) is 11.4 Å². The number of esters is 1. The highest BCUT2D eigenvalue weighted by Crippen LogP contribution is 2.20. The number of hydrogen-bond donors (Lipinski definition) is 1. The summed E-state index contributed by atoms with van der Waals surface area (Å²) in [6.45, 7) is 1.50. The molecular weight excluding hydrogens is 233 g/mol. The van der Waals surface area contributed by atoms with E-state index in [1.165, 1.54) is 7.11 Å². The molecule has 0 atom stereocenters. The molecule has 7 heteroatoms. The lowest BCUT2D eigenvalue weighted by atomic mass is 9.92. The maximum Gasteiger partial charge on any atom is 0.308 e. The third kappa shape index (κ3) is 2.79.